The minimum Gasteiger partial charge on any atom is -0.496 e. The number of aromatic nitrogens is 2. The van der Waals surface area contributed by atoms with Crippen LogP contribution in [0.2, 0.25) is 0 Å². The highest BCUT2D eigenvalue weighted by molar-refractivity contribution is 7.91. The zero-order chi connectivity index (χ0) is 37.2. The predicted molar refractivity (Wildman–Crippen MR) is 198 cm³/mol. The lowest BCUT2D eigenvalue weighted by Gasteiger charge is -2.29. The second kappa shape index (κ2) is 13.3. The van der Waals surface area contributed by atoms with Crippen LogP contribution in [0.3, 0.4) is 0 Å². The Morgan fingerprint density at radius 3 is 2.63 bits per heavy atom. The maximum atomic E-state index is 14.2. The number of hydrogen-bond donors (Lipinski definition) is 2. The largest absolute Gasteiger partial charge is 0.496 e. The topological polar surface area (TPSA) is 160 Å². The fourth-order valence-corrected chi connectivity index (χ4v) is 9.35. The van der Waals surface area contributed by atoms with Crippen LogP contribution in [0, 0.1) is 12.8 Å². The van der Waals surface area contributed by atoms with Crippen LogP contribution in [0.1, 0.15) is 76.5 Å². The van der Waals surface area contributed by atoms with Crippen LogP contribution in [0.5, 0.6) is 11.5 Å². The number of rotatable bonds is 8. The molecule has 3 aromatic rings. The van der Waals surface area contributed by atoms with Gasteiger partial charge in [0.25, 0.3) is 5.91 Å². The number of amides is 4. The Balaban J connectivity index is 1.21. The molecule has 1 aromatic carbocycles. The van der Waals surface area contributed by atoms with Crippen molar-refractivity contribution in [2.24, 2.45) is 5.92 Å². The first-order chi connectivity index (χ1) is 24.7. The number of sulfonamides is 1. The third-order valence-corrected chi connectivity index (χ3v) is 14.0. The summed E-state index contributed by atoms with van der Waals surface area (Å²) in [6.07, 6.45) is 5.97. The molecular formula is C37H46N6O7S2. The summed E-state index contributed by atoms with van der Waals surface area (Å²) in [5.74, 6) is 0.0959. The summed E-state index contributed by atoms with van der Waals surface area (Å²) in [4.78, 5) is 54.7. The van der Waals surface area contributed by atoms with Crippen molar-refractivity contribution in [3.63, 3.8) is 0 Å². The van der Waals surface area contributed by atoms with E-state index in [0.29, 0.717) is 54.9 Å². The number of thiazole rings is 1. The molecule has 15 heteroatoms. The Morgan fingerprint density at radius 1 is 1.17 bits per heavy atom. The number of allylic oxidation sites excluding steroid dienone is 1. The van der Waals surface area contributed by atoms with Gasteiger partial charge in [-0.2, -0.15) is 0 Å². The molecule has 2 aliphatic heterocycles. The third kappa shape index (κ3) is 6.50. The quantitative estimate of drug-likeness (QED) is 0.306. The molecule has 4 atom stereocenters. The van der Waals surface area contributed by atoms with E-state index < -0.39 is 44.4 Å². The number of carbonyl (C=O) groups excluding carboxylic acids is 3. The van der Waals surface area contributed by atoms with Gasteiger partial charge in [0, 0.05) is 48.3 Å². The first-order valence-electron chi connectivity index (χ1n) is 17.8. The molecule has 1 saturated heterocycles. The van der Waals surface area contributed by atoms with E-state index in [9.17, 15) is 22.8 Å². The van der Waals surface area contributed by atoms with E-state index in [2.05, 4.69) is 23.9 Å². The number of hydrogen-bond acceptors (Lipinski definition) is 10. The molecule has 2 saturated carbocycles. The van der Waals surface area contributed by atoms with Gasteiger partial charge in [-0.1, -0.05) is 26.0 Å². The van der Waals surface area contributed by atoms with E-state index in [4.69, 9.17) is 19.4 Å². The Morgan fingerprint density at radius 2 is 1.94 bits per heavy atom. The minimum atomic E-state index is -3.94. The van der Waals surface area contributed by atoms with Crippen molar-refractivity contribution in [3.8, 4) is 22.2 Å². The number of ether oxygens (including phenoxy) is 2. The lowest BCUT2D eigenvalue weighted by atomic mass is 10.1. The van der Waals surface area contributed by atoms with Crippen LogP contribution in [0.4, 0.5) is 4.79 Å². The van der Waals surface area contributed by atoms with Gasteiger partial charge in [-0.25, -0.2) is 23.2 Å². The highest BCUT2D eigenvalue weighted by atomic mass is 32.2. The number of nitrogens with zero attached hydrogens (tertiary/aromatic N) is 4. The smallest absolute Gasteiger partial charge is 0.319 e. The number of fused-ring (bicyclic) bond motifs is 3. The second-order valence-electron chi connectivity index (χ2n) is 15.1. The van der Waals surface area contributed by atoms with Gasteiger partial charge in [-0.3, -0.25) is 14.3 Å². The summed E-state index contributed by atoms with van der Waals surface area (Å²) in [5.41, 5.74) is 1.69. The first-order valence-corrected chi connectivity index (χ1v) is 20.2. The maximum absolute atomic E-state index is 14.2. The average Bonchev–Trinajstić information content (AvgIpc) is 3.87. The molecule has 2 aliphatic carbocycles. The number of likely N-dealkylation sites (N-methyl/N-ethyl adjacent to an activating group) is 1. The summed E-state index contributed by atoms with van der Waals surface area (Å²) in [6.45, 7) is 8.27. The van der Waals surface area contributed by atoms with Crippen molar-refractivity contribution in [2.45, 2.75) is 94.6 Å². The molecule has 13 nitrogen and oxygen atoms in total. The van der Waals surface area contributed by atoms with Crippen LogP contribution in [-0.4, -0.2) is 95.7 Å². The highest BCUT2D eigenvalue weighted by Crippen LogP contribution is 2.48. The highest BCUT2D eigenvalue weighted by Gasteiger charge is 2.63. The van der Waals surface area contributed by atoms with Crippen LogP contribution >= 0.6 is 11.3 Å². The summed E-state index contributed by atoms with van der Waals surface area (Å²) < 4.78 is 39.7. The van der Waals surface area contributed by atoms with Gasteiger partial charge in [-0.15, -0.1) is 11.3 Å². The Labute approximate surface area is 308 Å². The third-order valence-electron chi connectivity index (χ3n) is 11.0. The monoisotopic (exact) mass is 750 g/mol. The van der Waals surface area contributed by atoms with Crippen molar-refractivity contribution in [1.29, 1.82) is 0 Å². The minimum absolute atomic E-state index is 0.0632. The van der Waals surface area contributed by atoms with Crippen molar-refractivity contribution < 1.29 is 32.3 Å². The molecule has 2 N–H and O–H groups in total. The van der Waals surface area contributed by atoms with Crippen molar-refractivity contribution in [3.05, 3.63) is 47.0 Å². The number of benzene rings is 1. The Bertz CT molecular complexity index is 2080. The lowest BCUT2D eigenvalue weighted by molar-refractivity contribution is -0.133. The lowest BCUT2D eigenvalue weighted by Crippen LogP contribution is -2.58. The van der Waals surface area contributed by atoms with E-state index in [-0.39, 0.29) is 37.1 Å². The van der Waals surface area contributed by atoms with E-state index in [0.717, 1.165) is 21.7 Å². The normalized spacial score (nSPS) is 25.8. The van der Waals surface area contributed by atoms with Gasteiger partial charge in [0.2, 0.25) is 15.9 Å². The Hall–Kier alpha value is -4.24. The molecule has 0 unspecified atom stereocenters. The van der Waals surface area contributed by atoms with Gasteiger partial charge in [0.1, 0.15) is 39.9 Å². The average molecular weight is 751 g/mol. The molecule has 4 aliphatic rings. The number of aryl methyl sites for hydroxylation is 1. The van der Waals surface area contributed by atoms with Gasteiger partial charge < -0.3 is 24.6 Å². The molecule has 2 aromatic heterocycles. The van der Waals surface area contributed by atoms with Crippen LogP contribution < -0.4 is 19.5 Å². The SMILES string of the molecule is COc1ccc2c(O[C@H]3C[C@H]4C(=O)N(C)CCCC=C[C@@H]5C[C@@]5(C(=O)NS(=O)(=O)C5(C)CC5)NC(=O)N4C3)cc(-c3nc(C(C)C)cs3)nc2c1C. The fourth-order valence-electron chi connectivity index (χ4n) is 7.09. The zero-order valence-corrected chi connectivity index (χ0v) is 32.0. The molecule has 4 amide bonds. The van der Waals surface area contributed by atoms with E-state index in [1.54, 1.807) is 26.0 Å². The van der Waals surface area contributed by atoms with Crippen molar-refractivity contribution >= 4 is 50.1 Å². The summed E-state index contributed by atoms with van der Waals surface area (Å²) >= 11 is 1.50. The van der Waals surface area contributed by atoms with Crippen LogP contribution in [0.25, 0.3) is 21.6 Å². The number of urea groups is 1. The van der Waals surface area contributed by atoms with Crippen molar-refractivity contribution in [2.75, 3.05) is 27.2 Å². The Kier molecular flexibility index (Phi) is 9.25. The van der Waals surface area contributed by atoms with Gasteiger partial charge in [-0.05, 0) is 64.0 Å². The maximum Gasteiger partial charge on any atom is 0.319 e. The summed E-state index contributed by atoms with van der Waals surface area (Å²) in [7, 11) is -0.598. The number of carbonyl (C=O) groups is 3. The number of pyridine rings is 1. The molecule has 3 fully saturated rings. The van der Waals surface area contributed by atoms with Gasteiger partial charge in [0.05, 0.1) is 29.6 Å². The molecule has 0 bridgehead atoms. The van der Waals surface area contributed by atoms with Crippen molar-refractivity contribution in [1.82, 2.24) is 29.8 Å². The first kappa shape index (κ1) is 36.1. The molecule has 4 heterocycles. The molecule has 52 heavy (non-hydrogen) atoms. The zero-order valence-electron chi connectivity index (χ0n) is 30.4. The summed E-state index contributed by atoms with van der Waals surface area (Å²) in [5, 5.41) is 6.41. The summed E-state index contributed by atoms with van der Waals surface area (Å²) in [6, 6.07) is 4.12. The standard InChI is InChI=1S/C37H46N6O7S2/c1-21(2)27-20-51-32(39-27)26-17-30(25-11-12-29(49-6)22(3)31(25)38-26)50-24-16-28-33(44)42(5)15-9-7-8-10-23-18-37(23,40-35(46)43(28)19-24)34(45)41-52(47,48)36(4)13-14-36/h8,10-12,17,20-21,23-24,28H,7,9,13-16,18-19H2,1-6H3,(H,40,46)(H,41,45)/t23-,24+,28+,37-/m1/s1. The van der Waals surface area contributed by atoms with E-state index in [1.807, 2.05) is 42.7 Å². The number of nitrogens with one attached hydrogen (secondary N) is 2. The molecule has 7 rings (SSSR count). The molecule has 278 valence electrons. The van der Waals surface area contributed by atoms with E-state index in [1.165, 1.54) is 16.2 Å². The van der Waals surface area contributed by atoms with Gasteiger partial charge >= 0.3 is 6.03 Å². The molecular weight excluding hydrogens is 705 g/mol. The van der Waals surface area contributed by atoms with Crippen LogP contribution in [0.15, 0.2) is 35.7 Å². The van der Waals surface area contributed by atoms with E-state index >= 15 is 0 Å². The number of methoxy groups -OCH3 is 1. The van der Waals surface area contributed by atoms with Gasteiger partial charge in [0.15, 0.2) is 0 Å². The predicted octanol–water partition coefficient (Wildman–Crippen LogP) is 4.90. The molecule has 0 spiro atoms. The molecule has 0 radical (unpaired) electrons. The fraction of sp³-hybridized carbons (Fsp3) is 0.541. The van der Waals surface area contributed by atoms with Crippen LogP contribution in [-0.2, 0) is 19.6 Å². The second-order valence-corrected chi connectivity index (χ2v) is 18.2.